The molecule has 1 atom stereocenters. The molecular weight excluding hydrogens is 426 g/mol. The Balaban J connectivity index is 1.37. The molecule has 1 fully saturated rings. The number of likely N-dealkylation sites (tertiary alicyclic amines) is 1. The second-order valence-electron chi connectivity index (χ2n) is 8.87. The lowest BCUT2D eigenvalue weighted by Crippen LogP contribution is -2.38. The van der Waals surface area contributed by atoms with Crippen molar-refractivity contribution in [2.45, 2.75) is 26.3 Å². The number of benzene rings is 3. The maximum absolute atomic E-state index is 11.4. The van der Waals surface area contributed by atoms with Gasteiger partial charge in [0.25, 0.3) is 0 Å². The van der Waals surface area contributed by atoms with Crippen molar-refractivity contribution in [3.63, 3.8) is 0 Å². The molecule has 6 heteroatoms. The number of carboxylic acid groups (broad SMARTS) is 1. The third-order valence-electron chi connectivity index (χ3n) is 6.51. The van der Waals surface area contributed by atoms with Gasteiger partial charge in [0, 0.05) is 24.2 Å². The fraction of sp³-hybridized carbons (Fsp3) is 0.250. The van der Waals surface area contributed by atoms with Gasteiger partial charge in [0.1, 0.15) is 0 Å². The summed E-state index contributed by atoms with van der Waals surface area (Å²) in [5, 5.41) is 18.0. The molecule has 0 radical (unpaired) electrons. The van der Waals surface area contributed by atoms with Gasteiger partial charge in [-0.15, -0.1) is 10.2 Å². The molecule has 1 aliphatic heterocycles. The van der Waals surface area contributed by atoms with E-state index in [9.17, 15) is 9.90 Å². The van der Waals surface area contributed by atoms with Gasteiger partial charge in [0.05, 0.1) is 5.92 Å². The standard InChI is InChI=1S/C28H27N3O3/c1-19-24(21-9-3-2-4-10-21)13-6-14-25(19)27-30-29-26(34-27)22-11-5-8-20(16-22)17-31-15-7-12-23(18-31)28(32)33/h2-6,8-11,13-14,16,23H,7,12,15,17-18H2,1H3,(H,32,33). The lowest BCUT2D eigenvalue weighted by atomic mass is 9.96. The van der Waals surface area contributed by atoms with Gasteiger partial charge in [-0.3, -0.25) is 9.69 Å². The molecule has 2 heterocycles. The molecule has 1 aromatic heterocycles. The number of rotatable bonds is 6. The van der Waals surface area contributed by atoms with Crippen molar-refractivity contribution >= 4 is 5.97 Å². The van der Waals surface area contributed by atoms with E-state index < -0.39 is 5.97 Å². The van der Waals surface area contributed by atoms with Crippen molar-refractivity contribution < 1.29 is 14.3 Å². The molecule has 1 N–H and O–H groups in total. The van der Waals surface area contributed by atoms with Crippen LogP contribution in [0.1, 0.15) is 24.0 Å². The number of carboxylic acids is 1. The normalized spacial score (nSPS) is 16.4. The summed E-state index contributed by atoms with van der Waals surface area (Å²) >= 11 is 0. The minimum Gasteiger partial charge on any atom is -0.481 e. The smallest absolute Gasteiger partial charge is 0.307 e. The van der Waals surface area contributed by atoms with Gasteiger partial charge in [-0.05, 0) is 66.8 Å². The van der Waals surface area contributed by atoms with E-state index in [1.807, 2.05) is 42.5 Å². The Morgan fingerprint density at radius 1 is 0.971 bits per heavy atom. The van der Waals surface area contributed by atoms with Gasteiger partial charge in [0.15, 0.2) is 0 Å². The minimum atomic E-state index is -0.705. The number of aliphatic carboxylic acids is 1. The van der Waals surface area contributed by atoms with Crippen LogP contribution in [-0.2, 0) is 11.3 Å². The number of aromatic nitrogens is 2. The maximum Gasteiger partial charge on any atom is 0.307 e. The number of carbonyl (C=O) groups is 1. The number of piperidine rings is 1. The first-order valence-electron chi connectivity index (χ1n) is 11.6. The van der Waals surface area contributed by atoms with Crippen LogP contribution in [0, 0.1) is 12.8 Å². The Morgan fingerprint density at radius 3 is 2.53 bits per heavy atom. The van der Waals surface area contributed by atoms with Crippen molar-refractivity contribution in [2.75, 3.05) is 13.1 Å². The van der Waals surface area contributed by atoms with Gasteiger partial charge in [-0.1, -0.05) is 54.6 Å². The Kier molecular flexibility index (Phi) is 6.23. The van der Waals surface area contributed by atoms with Crippen LogP contribution < -0.4 is 0 Å². The number of nitrogens with zero attached hydrogens (tertiary/aromatic N) is 3. The van der Waals surface area contributed by atoms with Gasteiger partial charge in [-0.25, -0.2) is 0 Å². The summed E-state index contributed by atoms with van der Waals surface area (Å²) in [6.45, 7) is 4.28. The van der Waals surface area contributed by atoms with Crippen LogP contribution in [0.15, 0.2) is 77.2 Å². The van der Waals surface area contributed by atoms with Crippen LogP contribution in [0.25, 0.3) is 34.0 Å². The highest BCUT2D eigenvalue weighted by atomic mass is 16.4. The maximum atomic E-state index is 11.4. The molecule has 1 unspecified atom stereocenters. The van der Waals surface area contributed by atoms with E-state index in [0.717, 1.165) is 52.8 Å². The molecule has 5 rings (SSSR count). The van der Waals surface area contributed by atoms with E-state index in [0.29, 0.717) is 24.9 Å². The van der Waals surface area contributed by atoms with E-state index in [4.69, 9.17) is 4.42 Å². The second-order valence-corrected chi connectivity index (χ2v) is 8.87. The number of hydrogen-bond donors (Lipinski definition) is 1. The molecule has 0 saturated carbocycles. The predicted octanol–water partition coefficient (Wildman–Crippen LogP) is 5.68. The SMILES string of the molecule is Cc1c(-c2ccccc2)cccc1-c1nnc(-c2cccc(CN3CCCC(C(=O)O)C3)c2)o1. The summed E-state index contributed by atoms with van der Waals surface area (Å²) in [4.78, 5) is 13.6. The van der Waals surface area contributed by atoms with Crippen molar-refractivity contribution in [3.8, 4) is 34.0 Å². The highest BCUT2D eigenvalue weighted by Gasteiger charge is 2.25. The first-order valence-corrected chi connectivity index (χ1v) is 11.6. The van der Waals surface area contributed by atoms with Crippen LogP contribution in [0.2, 0.25) is 0 Å². The van der Waals surface area contributed by atoms with E-state index in [2.05, 4.69) is 52.4 Å². The van der Waals surface area contributed by atoms with E-state index >= 15 is 0 Å². The molecule has 1 saturated heterocycles. The molecule has 0 bridgehead atoms. The molecule has 0 aliphatic carbocycles. The molecule has 6 nitrogen and oxygen atoms in total. The highest BCUT2D eigenvalue weighted by molar-refractivity contribution is 5.75. The molecule has 0 spiro atoms. The van der Waals surface area contributed by atoms with Crippen LogP contribution in [-0.4, -0.2) is 39.3 Å². The quantitative estimate of drug-likeness (QED) is 0.405. The lowest BCUT2D eigenvalue weighted by Gasteiger charge is -2.30. The molecule has 3 aromatic carbocycles. The third kappa shape index (κ3) is 4.63. The van der Waals surface area contributed by atoms with Gasteiger partial charge in [-0.2, -0.15) is 0 Å². The molecule has 1 aliphatic rings. The van der Waals surface area contributed by atoms with E-state index in [-0.39, 0.29) is 5.92 Å². The minimum absolute atomic E-state index is 0.287. The molecular formula is C28H27N3O3. The van der Waals surface area contributed by atoms with Crippen LogP contribution in [0.4, 0.5) is 0 Å². The molecule has 172 valence electrons. The Morgan fingerprint density at radius 2 is 1.71 bits per heavy atom. The van der Waals surface area contributed by atoms with Crippen LogP contribution in [0.3, 0.4) is 0 Å². The summed E-state index contributed by atoms with van der Waals surface area (Å²) in [6, 6.07) is 24.4. The Labute approximate surface area is 198 Å². The summed E-state index contributed by atoms with van der Waals surface area (Å²) in [5.41, 5.74) is 6.27. The van der Waals surface area contributed by atoms with Gasteiger partial charge >= 0.3 is 5.97 Å². The third-order valence-corrected chi connectivity index (χ3v) is 6.51. The van der Waals surface area contributed by atoms with Crippen LogP contribution in [0.5, 0.6) is 0 Å². The van der Waals surface area contributed by atoms with E-state index in [1.54, 1.807) is 0 Å². The zero-order valence-corrected chi connectivity index (χ0v) is 19.1. The van der Waals surface area contributed by atoms with Crippen molar-refractivity contribution in [1.82, 2.24) is 15.1 Å². The Hall–Kier alpha value is -3.77. The van der Waals surface area contributed by atoms with Crippen molar-refractivity contribution in [1.29, 1.82) is 0 Å². The van der Waals surface area contributed by atoms with Crippen LogP contribution >= 0.6 is 0 Å². The largest absolute Gasteiger partial charge is 0.481 e. The zero-order valence-electron chi connectivity index (χ0n) is 19.1. The lowest BCUT2D eigenvalue weighted by molar-refractivity contribution is -0.143. The van der Waals surface area contributed by atoms with E-state index in [1.165, 1.54) is 0 Å². The summed E-state index contributed by atoms with van der Waals surface area (Å²) in [5.74, 6) is -0.0202. The average Bonchev–Trinajstić information content (AvgIpc) is 3.35. The molecule has 34 heavy (non-hydrogen) atoms. The van der Waals surface area contributed by atoms with Gasteiger partial charge < -0.3 is 9.52 Å². The second kappa shape index (κ2) is 9.61. The fourth-order valence-electron chi connectivity index (χ4n) is 4.71. The predicted molar refractivity (Wildman–Crippen MR) is 131 cm³/mol. The first-order chi connectivity index (χ1) is 16.6. The first kappa shape index (κ1) is 22.0. The summed E-state index contributed by atoms with van der Waals surface area (Å²) < 4.78 is 6.11. The topological polar surface area (TPSA) is 79.5 Å². The van der Waals surface area contributed by atoms with Crippen molar-refractivity contribution in [2.24, 2.45) is 5.92 Å². The zero-order chi connectivity index (χ0) is 23.5. The monoisotopic (exact) mass is 453 g/mol. The summed E-state index contributed by atoms with van der Waals surface area (Å²) in [7, 11) is 0. The summed E-state index contributed by atoms with van der Waals surface area (Å²) in [6.07, 6.45) is 1.66. The highest BCUT2D eigenvalue weighted by Crippen LogP contribution is 2.32. The average molecular weight is 454 g/mol. The van der Waals surface area contributed by atoms with Crippen molar-refractivity contribution in [3.05, 3.63) is 83.9 Å². The Bertz CT molecular complexity index is 1300. The number of hydrogen-bond acceptors (Lipinski definition) is 5. The fourth-order valence-corrected chi connectivity index (χ4v) is 4.71. The molecule has 0 amide bonds. The van der Waals surface area contributed by atoms with Gasteiger partial charge in [0.2, 0.25) is 11.8 Å². The molecule has 4 aromatic rings.